The molecule has 0 spiro atoms. The molecule has 0 aromatic heterocycles. The van der Waals surface area contributed by atoms with E-state index < -0.39 is 69.9 Å². The van der Waals surface area contributed by atoms with Crippen LogP contribution in [0.1, 0.15) is 6.92 Å². The van der Waals surface area contributed by atoms with Gasteiger partial charge in [0.05, 0.1) is 0 Å². The molecule has 20 heteroatoms. The third kappa shape index (κ3) is 6.89. The van der Waals surface area contributed by atoms with Crippen LogP contribution in [0.25, 0.3) is 0 Å². The molecular weight excluding hydrogens is 513 g/mol. The quantitative estimate of drug-likeness (QED) is 0.170. The number of hydrogen-bond donors (Lipinski definition) is 1. The summed E-state index contributed by atoms with van der Waals surface area (Å²) in [6.45, 7) is -0.0452. The van der Waals surface area contributed by atoms with Crippen LogP contribution >= 0.6 is 0 Å². The molecule has 0 amide bonds. The Bertz CT molecular complexity index is 828. The van der Waals surface area contributed by atoms with Gasteiger partial charge in [-0.1, -0.05) is 6.58 Å². The van der Waals surface area contributed by atoms with Crippen molar-refractivity contribution in [1.82, 2.24) is 0 Å². The molecule has 0 radical (unpaired) electrons. The van der Waals surface area contributed by atoms with Crippen LogP contribution in [-0.4, -0.2) is 67.2 Å². The average molecular weight is 522 g/mol. The number of rotatable bonds is 8. The van der Waals surface area contributed by atoms with Gasteiger partial charge in [0.1, 0.15) is 6.61 Å². The number of alkyl halides is 11. The zero-order valence-electron chi connectivity index (χ0n) is 14.9. The van der Waals surface area contributed by atoms with Crippen LogP contribution in [0.4, 0.5) is 48.3 Å². The minimum atomic E-state index is -6.74. The van der Waals surface area contributed by atoms with Crippen molar-refractivity contribution in [2.75, 3.05) is 6.61 Å². The minimum Gasteiger partial charge on any atom is -0.438 e. The van der Waals surface area contributed by atoms with Crippen LogP contribution in [0, 0.1) is 0 Å². The maximum absolute atomic E-state index is 13.4. The number of halogens is 11. The second kappa shape index (κ2) is 8.96. The summed E-state index contributed by atoms with van der Waals surface area (Å²) < 4.78 is 180. The van der Waals surface area contributed by atoms with Gasteiger partial charge in [-0.2, -0.15) is 56.7 Å². The standard InChI is InChI=1S/C12H9F11O8S/c1-4(2)5(24)31-9(12(21,22)23,29-3-8(13,14)32(26,27)28)7(25)30-6(10(15,16)17)11(18,19)20/h6H,1,3H2,2H3,(H,26,27,28). The maximum atomic E-state index is 13.4. The molecule has 0 saturated heterocycles. The summed E-state index contributed by atoms with van der Waals surface area (Å²) in [5, 5.41) is -5.73. The highest BCUT2D eigenvalue weighted by Gasteiger charge is 2.71. The Hall–Kier alpha value is -2.22. The highest BCUT2D eigenvalue weighted by atomic mass is 32.2. The largest absolute Gasteiger partial charge is 0.468 e. The fraction of sp³-hybridized carbons (Fsp3) is 0.667. The molecule has 0 heterocycles. The summed E-state index contributed by atoms with van der Waals surface area (Å²) in [6.07, 6.45) is -25.3. The first-order chi connectivity index (χ1) is 13.8. The molecular formula is C12H9F11O8S. The first-order valence-corrected chi connectivity index (χ1v) is 8.52. The Morgan fingerprint density at radius 3 is 1.62 bits per heavy atom. The molecule has 0 saturated carbocycles. The van der Waals surface area contributed by atoms with Gasteiger partial charge in [-0.15, -0.1) is 0 Å². The normalized spacial score (nSPS) is 15.8. The van der Waals surface area contributed by atoms with Gasteiger partial charge in [-0.25, -0.2) is 9.59 Å². The van der Waals surface area contributed by atoms with E-state index in [1.807, 2.05) is 0 Å². The van der Waals surface area contributed by atoms with E-state index >= 15 is 0 Å². The van der Waals surface area contributed by atoms with Gasteiger partial charge < -0.3 is 14.2 Å². The zero-order valence-corrected chi connectivity index (χ0v) is 15.7. The monoisotopic (exact) mass is 522 g/mol. The van der Waals surface area contributed by atoms with Gasteiger partial charge in [0, 0.05) is 5.57 Å². The van der Waals surface area contributed by atoms with Crippen molar-refractivity contribution in [2.24, 2.45) is 0 Å². The van der Waals surface area contributed by atoms with Crippen LogP contribution in [0.3, 0.4) is 0 Å². The van der Waals surface area contributed by atoms with Gasteiger partial charge in [-0.05, 0) is 6.92 Å². The fourth-order valence-electron chi connectivity index (χ4n) is 1.37. The molecule has 0 aliphatic rings. The van der Waals surface area contributed by atoms with E-state index in [1.165, 1.54) is 0 Å². The predicted molar refractivity (Wildman–Crippen MR) is 74.1 cm³/mol. The van der Waals surface area contributed by atoms with E-state index in [2.05, 4.69) is 20.8 Å². The number of hydrogen-bond acceptors (Lipinski definition) is 7. The maximum Gasteiger partial charge on any atom is 0.468 e. The molecule has 0 fully saturated rings. The summed E-state index contributed by atoms with van der Waals surface area (Å²) in [7, 11) is -6.61. The SMILES string of the molecule is C=C(C)C(=O)OC(OCC(F)(F)S(=O)(=O)O)(C(=O)OC(C(F)(F)F)C(F)(F)F)C(F)(F)F. The molecule has 0 bridgehead atoms. The molecule has 0 aromatic carbocycles. The summed E-state index contributed by atoms with van der Waals surface area (Å²) in [4.78, 5) is 23.1. The second-order valence-corrected chi connectivity index (χ2v) is 7.10. The van der Waals surface area contributed by atoms with E-state index in [0.717, 1.165) is 0 Å². The van der Waals surface area contributed by atoms with Crippen LogP contribution < -0.4 is 0 Å². The van der Waals surface area contributed by atoms with E-state index in [-0.39, 0.29) is 0 Å². The third-order valence-corrected chi connectivity index (χ3v) is 3.74. The van der Waals surface area contributed by atoms with Crippen molar-refractivity contribution in [3.05, 3.63) is 12.2 Å². The van der Waals surface area contributed by atoms with E-state index in [4.69, 9.17) is 4.55 Å². The van der Waals surface area contributed by atoms with Gasteiger partial charge >= 0.3 is 51.6 Å². The van der Waals surface area contributed by atoms with Crippen molar-refractivity contribution >= 4 is 22.1 Å². The molecule has 1 N–H and O–H groups in total. The second-order valence-electron chi connectivity index (χ2n) is 5.55. The van der Waals surface area contributed by atoms with Crippen molar-refractivity contribution in [2.45, 2.75) is 42.6 Å². The van der Waals surface area contributed by atoms with Crippen molar-refractivity contribution < 1.29 is 85.1 Å². The number of carbonyl (C=O) groups excluding carboxylic acids is 2. The Morgan fingerprint density at radius 2 is 1.34 bits per heavy atom. The highest BCUT2D eigenvalue weighted by molar-refractivity contribution is 7.86. The summed E-state index contributed by atoms with van der Waals surface area (Å²) >= 11 is 0. The number of ether oxygens (including phenoxy) is 3. The van der Waals surface area contributed by atoms with Crippen molar-refractivity contribution in [1.29, 1.82) is 0 Å². The van der Waals surface area contributed by atoms with Crippen LogP contribution in [0.2, 0.25) is 0 Å². The van der Waals surface area contributed by atoms with E-state index in [9.17, 15) is 66.3 Å². The first kappa shape index (κ1) is 29.8. The lowest BCUT2D eigenvalue weighted by molar-refractivity contribution is -0.373. The Balaban J connectivity index is 6.65. The molecule has 8 nitrogen and oxygen atoms in total. The molecule has 1 atom stereocenters. The van der Waals surface area contributed by atoms with E-state index in [0.29, 0.717) is 6.92 Å². The van der Waals surface area contributed by atoms with Crippen LogP contribution in [0.15, 0.2) is 12.2 Å². The molecule has 0 aliphatic carbocycles. The third-order valence-electron chi connectivity index (χ3n) is 2.87. The minimum absolute atomic E-state index is 0.538. The first-order valence-electron chi connectivity index (χ1n) is 7.08. The fourth-order valence-corrected chi connectivity index (χ4v) is 1.57. The highest BCUT2D eigenvalue weighted by Crippen LogP contribution is 2.42. The van der Waals surface area contributed by atoms with Gasteiger partial charge in [0.15, 0.2) is 0 Å². The smallest absolute Gasteiger partial charge is 0.438 e. The molecule has 1 unspecified atom stereocenters. The summed E-state index contributed by atoms with van der Waals surface area (Å²) in [5.74, 6) is -12.1. The van der Waals surface area contributed by atoms with Crippen molar-refractivity contribution in [3.63, 3.8) is 0 Å². The Labute approximate surface area is 169 Å². The lowest BCUT2D eigenvalue weighted by atomic mass is 10.2. The lowest BCUT2D eigenvalue weighted by Crippen LogP contribution is -2.61. The number of carbonyl (C=O) groups is 2. The predicted octanol–water partition coefficient (Wildman–Crippen LogP) is 2.90. The number of esters is 2. The zero-order chi connectivity index (χ0) is 26.1. The van der Waals surface area contributed by atoms with Crippen LogP contribution in [-0.2, 0) is 33.9 Å². The Kier molecular flexibility index (Phi) is 8.34. The van der Waals surface area contributed by atoms with Crippen molar-refractivity contribution in [3.8, 4) is 0 Å². The molecule has 0 aromatic rings. The molecule has 188 valence electrons. The van der Waals surface area contributed by atoms with E-state index in [1.54, 1.807) is 0 Å². The Morgan fingerprint density at radius 1 is 0.938 bits per heavy atom. The molecule has 0 rings (SSSR count). The average Bonchev–Trinajstić information content (AvgIpc) is 2.51. The summed E-state index contributed by atoms with van der Waals surface area (Å²) in [5.41, 5.74) is -1.11. The van der Waals surface area contributed by atoms with Crippen LogP contribution in [0.5, 0.6) is 0 Å². The van der Waals surface area contributed by atoms with Gasteiger partial charge in [0.2, 0.25) is 0 Å². The topological polar surface area (TPSA) is 116 Å². The molecule has 0 aliphatic heterocycles. The molecule has 32 heavy (non-hydrogen) atoms. The summed E-state index contributed by atoms with van der Waals surface area (Å²) in [6, 6.07) is 0. The van der Waals surface area contributed by atoms with Gasteiger partial charge in [-0.3, -0.25) is 4.55 Å². The lowest BCUT2D eigenvalue weighted by Gasteiger charge is -2.34. The van der Waals surface area contributed by atoms with Gasteiger partial charge in [0.25, 0.3) is 6.10 Å².